The standard InChI is InChI=1S/C17H20N4O/c1-12-20-16-15(17(22)21-12)14(11-19-16)10-18-9-5-8-13-6-3-2-4-7-13/h2-4,6-7,11,18H,5,8-10H2,1H3,(H2,19,20,21,22). The molecule has 0 saturated heterocycles. The first-order valence-electron chi connectivity index (χ1n) is 7.55. The van der Waals surface area contributed by atoms with Crippen molar-refractivity contribution in [3.8, 4) is 0 Å². The minimum absolute atomic E-state index is 0.0789. The zero-order chi connectivity index (χ0) is 15.4. The molecule has 3 rings (SSSR count). The monoisotopic (exact) mass is 296 g/mol. The zero-order valence-corrected chi connectivity index (χ0v) is 12.6. The number of aromatic nitrogens is 3. The van der Waals surface area contributed by atoms with Crippen LogP contribution in [0.3, 0.4) is 0 Å². The van der Waals surface area contributed by atoms with Gasteiger partial charge in [0.2, 0.25) is 0 Å². The maximum absolute atomic E-state index is 12.0. The first kappa shape index (κ1) is 14.5. The first-order valence-corrected chi connectivity index (χ1v) is 7.55. The summed E-state index contributed by atoms with van der Waals surface area (Å²) in [7, 11) is 0. The number of rotatable bonds is 6. The summed E-state index contributed by atoms with van der Waals surface area (Å²) in [5, 5.41) is 4.05. The topological polar surface area (TPSA) is 73.6 Å². The van der Waals surface area contributed by atoms with Crippen molar-refractivity contribution < 1.29 is 0 Å². The highest BCUT2D eigenvalue weighted by molar-refractivity contribution is 5.78. The van der Waals surface area contributed by atoms with Gasteiger partial charge in [-0.1, -0.05) is 30.3 Å². The van der Waals surface area contributed by atoms with Crippen LogP contribution in [-0.4, -0.2) is 21.5 Å². The van der Waals surface area contributed by atoms with Crippen molar-refractivity contribution >= 4 is 11.0 Å². The van der Waals surface area contributed by atoms with Gasteiger partial charge in [-0.15, -0.1) is 0 Å². The maximum Gasteiger partial charge on any atom is 0.260 e. The number of aromatic amines is 2. The summed E-state index contributed by atoms with van der Waals surface area (Å²) >= 11 is 0. The smallest absolute Gasteiger partial charge is 0.260 e. The van der Waals surface area contributed by atoms with Crippen LogP contribution in [0, 0.1) is 6.92 Å². The second-order valence-corrected chi connectivity index (χ2v) is 5.45. The SMILES string of the molecule is Cc1nc2[nH]cc(CNCCCc3ccccc3)c2c(=O)[nH]1. The van der Waals surface area contributed by atoms with E-state index in [9.17, 15) is 4.79 Å². The van der Waals surface area contributed by atoms with E-state index in [2.05, 4.69) is 44.5 Å². The number of fused-ring (bicyclic) bond motifs is 1. The van der Waals surface area contributed by atoms with Crippen LogP contribution < -0.4 is 10.9 Å². The van der Waals surface area contributed by atoms with Gasteiger partial charge in [0.05, 0.1) is 5.39 Å². The van der Waals surface area contributed by atoms with Gasteiger partial charge in [0.15, 0.2) is 0 Å². The summed E-state index contributed by atoms with van der Waals surface area (Å²) in [4.78, 5) is 22.1. The first-order chi connectivity index (χ1) is 10.7. The number of benzene rings is 1. The molecule has 0 aliphatic carbocycles. The van der Waals surface area contributed by atoms with Crippen LogP contribution in [0.1, 0.15) is 23.4 Å². The van der Waals surface area contributed by atoms with E-state index in [4.69, 9.17) is 0 Å². The Bertz CT molecular complexity index is 804. The van der Waals surface area contributed by atoms with Crippen molar-refractivity contribution in [3.63, 3.8) is 0 Å². The van der Waals surface area contributed by atoms with E-state index in [1.807, 2.05) is 12.3 Å². The molecule has 0 aliphatic heterocycles. The molecule has 114 valence electrons. The van der Waals surface area contributed by atoms with Crippen molar-refractivity contribution in [2.75, 3.05) is 6.54 Å². The Labute approximate surface area is 128 Å². The molecule has 0 amide bonds. The summed E-state index contributed by atoms with van der Waals surface area (Å²) < 4.78 is 0. The quantitative estimate of drug-likeness (QED) is 0.611. The van der Waals surface area contributed by atoms with Gasteiger partial charge in [-0.05, 0) is 37.4 Å². The minimum Gasteiger partial charge on any atom is -0.346 e. The van der Waals surface area contributed by atoms with Gasteiger partial charge in [-0.25, -0.2) is 4.98 Å². The third kappa shape index (κ3) is 3.26. The van der Waals surface area contributed by atoms with Crippen LogP contribution in [0.2, 0.25) is 0 Å². The zero-order valence-electron chi connectivity index (χ0n) is 12.6. The molecule has 0 radical (unpaired) electrons. The third-order valence-electron chi connectivity index (χ3n) is 3.72. The van der Waals surface area contributed by atoms with Crippen LogP contribution in [0.25, 0.3) is 11.0 Å². The summed E-state index contributed by atoms with van der Waals surface area (Å²) in [6.45, 7) is 3.37. The predicted octanol–water partition coefficient (Wildman–Crippen LogP) is 2.28. The lowest BCUT2D eigenvalue weighted by Gasteiger charge is -2.04. The highest BCUT2D eigenvalue weighted by atomic mass is 16.1. The van der Waals surface area contributed by atoms with E-state index >= 15 is 0 Å². The van der Waals surface area contributed by atoms with Gasteiger partial charge in [0, 0.05) is 12.7 Å². The lowest BCUT2D eigenvalue weighted by molar-refractivity contribution is 0.651. The Balaban J connectivity index is 1.55. The molecule has 3 N–H and O–H groups in total. The van der Waals surface area contributed by atoms with Crippen LogP contribution in [0.4, 0.5) is 0 Å². The molecule has 0 aliphatic rings. The highest BCUT2D eigenvalue weighted by Crippen LogP contribution is 2.11. The number of hydrogen-bond donors (Lipinski definition) is 3. The molecule has 0 spiro atoms. The van der Waals surface area contributed by atoms with E-state index in [1.165, 1.54) is 5.56 Å². The fourth-order valence-electron chi connectivity index (χ4n) is 2.64. The Morgan fingerprint density at radius 2 is 2.05 bits per heavy atom. The molecule has 0 unspecified atom stereocenters. The fraction of sp³-hybridized carbons (Fsp3) is 0.294. The Hall–Kier alpha value is -2.40. The van der Waals surface area contributed by atoms with Crippen molar-refractivity contribution in [2.45, 2.75) is 26.3 Å². The van der Waals surface area contributed by atoms with Crippen molar-refractivity contribution in [2.24, 2.45) is 0 Å². The average molecular weight is 296 g/mol. The Morgan fingerprint density at radius 3 is 2.86 bits per heavy atom. The normalized spacial score (nSPS) is 11.1. The molecule has 2 aromatic heterocycles. The third-order valence-corrected chi connectivity index (χ3v) is 3.72. The molecule has 2 heterocycles. The van der Waals surface area contributed by atoms with Gasteiger partial charge in [0.25, 0.3) is 5.56 Å². The molecule has 0 bridgehead atoms. The molecule has 1 aromatic carbocycles. The fourth-order valence-corrected chi connectivity index (χ4v) is 2.64. The molecule has 0 atom stereocenters. The number of nitrogens with one attached hydrogen (secondary N) is 3. The second kappa shape index (κ2) is 6.58. The number of aryl methyl sites for hydroxylation is 2. The molecule has 0 fully saturated rings. The van der Waals surface area contributed by atoms with Crippen LogP contribution in [0.15, 0.2) is 41.3 Å². The summed E-state index contributed by atoms with van der Waals surface area (Å²) in [6, 6.07) is 10.5. The summed E-state index contributed by atoms with van der Waals surface area (Å²) in [5.41, 5.74) is 2.89. The summed E-state index contributed by atoms with van der Waals surface area (Å²) in [5.74, 6) is 0.627. The molecule has 3 aromatic rings. The van der Waals surface area contributed by atoms with E-state index in [0.29, 0.717) is 23.4 Å². The van der Waals surface area contributed by atoms with Gasteiger partial charge in [-0.2, -0.15) is 0 Å². The molecular formula is C17H20N4O. The van der Waals surface area contributed by atoms with Crippen molar-refractivity contribution in [1.82, 2.24) is 20.3 Å². The number of hydrogen-bond acceptors (Lipinski definition) is 3. The largest absolute Gasteiger partial charge is 0.346 e. The molecular weight excluding hydrogens is 276 g/mol. The highest BCUT2D eigenvalue weighted by Gasteiger charge is 2.09. The molecule has 22 heavy (non-hydrogen) atoms. The van der Waals surface area contributed by atoms with E-state index < -0.39 is 0 Å². The Kier molecular flexibility index (Phi) is 4.34. The van der Waals surface area contributed by atoms with Crippen molar-refractivity contribution in [3.05, 3.63) is 63.8 Å². The van der Waals surface area contributed by atoms with Gasteiger partial charge >= 0.3 is 0 Å². The molecule has 0 saturated carbocycles. The second-order valence-electron chi connectivity index (χ2n) is 5.45. The van der Waals surface area contributed by atoms with Crippen LogP contribution in [-0.2, 0) is 13.0 Å². The van der Waals surface area contributed by atoms with Gasteiger partial charge in [0.1, 0.15) is 11.5 Å². The van der Waals surface area contributed by atoms with Crippen LogP contribution in [0.5, 0.6) is 0 Å². The van der Waals surface area contributed by atoms with E-state index in [1.54, 1.807) is 6.92 Å². The summed E-state index contributed by atoms with van der Waals surface area (Å²) in [6.07, 6.45) is 3.99. The number of H-pyrrole nitrogens is 2. The van der Waals surface area contributed by atoms with E-state index in [0.717, 1.165) is 24.9 Å². The van der Waals surface area contributed by atoms with Crippen LogP contribution >= 0.6 is 0 Å². The van der Waals surface area contributed by atoms with Crippen molar-refractivity contribution in [1.29, 1.82) is 0 Å². The lowest BCUT2D eigenvalue weighted by Crippen LogP contribution is -2.17. The maximum atomic E-state index is 12.0. The van der Waals surface area contributed by atoms with Gasteiger partial charge < -0.3 is 15.3 Å². The molecule has 5 nitrogen and oxygen atoms in total. The van der Waals surface area contributed by atoms with Gasteiger partial charge in [-0.3, -0.25) is 4.79 Å². The van der Waals surface area contributed by atoms with E-state index in [-0.39, 0.29) is 5.56 Å². The average Bonchev–Trinajstić information content (AvgIpc) is 2.91. The number of nitrogens with zero attached hydrogens (tertiary/aromatic N) is 1. The minimum atomic E-state index is -0.0789. The predicted molar refractivity (Wildman–Crippen MR) is 87.9 cm³/mol. The Morgan fingerprint density at radius 1 is 1.23 bits per heavy atom. The lowest BCUT2D eigenvalue weighted by atomic mass is 10.1. The molecule has 5 heteroatoms.